The predicted octanol–water partition coefficient (Wildman–Crippen LogP) is 2.36. The Labute approximate surface area is 113 Å². The van der Waals surface area contributed by atoms with Crippen molar-refractivity contribution >= 4 is 11.7 Å². The van der Waals surface area contributed by atoms with Crippen molar-refractivity contribution in [3.05, 3.63) is 29.6 Å². The number of Topliss-reactive ketones (excluding diaryl/α,β-unsaturated/α-hetero) is 1. The average molecular weight is 260 g/mol. The van der Waals surface area contributed by atoms with E-state index >= 15 is 0 Å². The Bertz CT molecular complexity index is 485. The molecule has 0 bridgehead atoms. The SMILES string of the molecule is CC(=O)CC1CCCCN1C(=O)c1ccnc(C)c1. The number of piperidine rings is 1. The van der Waals surface area contributed by atoms with E-state index in [1.807, 2.05) is 17.9 Å². The van der Waals surface area contributed by atoms with Crippen LogP contribution in [0.3, 0.4) is 0 Å². The summed E-state index contributed by atoms with van der Waals surface area (Å²) in [4.78, 5) is 29.8. The summed E-state index contributed by atoms with van der Waals surface area (Å²) in [5.41, 5.74) is 1.51. The van der Waals surface area contributed by atoms with E-state index in [-0.39, 0.29) is 17.7 Å². The molecule has 4 nitrogen and oxygen atoms in total. The van der Waals surface area contributed by atoms with Gasteiger partial charge >= 0.3 is 0 Å². The third kappa shape index (κ3) is 3.40. The van der Waals surface area contributed by atoms with Gasteiger partial charge in [0.25, 0.3) is 5.91 Å². The minimum Gasteiger partial charge on any atom is -0.335 e. The smallest absolute Gasteiger partial charge is 0.254 e. The van der Waals surface area contributed by atoms with Crippen molar-refractivity contribution in [2.24, 2.45) is 0 Å². The fourth-order valence-corrected chi connectivity index (χ4v) is 2.66. The first-order chi connectivity index (χ1) is 9.08. The number of likely N-dealkylation sites (tertiary alicyclic amines) is 1. The monoisotopic (exact) mass is 260 g/mol. The molecule has 1 unspecified atom stereocenters. The fraction of sp³-hybridized carbons (Fsp3) is 0.533. The van der Waals surface area contributed by atoms with Crippen molar-refractivity contribution in [3.63, 3.8) is 0 Å². The Balaban J connectivity index is 2.17. The molecule has 1 saturated heterocycles. The Morgan fingerprint density at radius 3 is 2.89 bits per heavy atom. The third-order valence-electron chi connectivity index (χ3n) is 3.55. The second-order valence-corrected chi connectivity index (χ2v) is 5.24. The second kappa shape index (κ2) is 5.95. The van der Waals surface area contributed by atoms with E-state index in [0.29, 0.717) is 12.0 Å². The molecule has 0 saturated carbocycles. The maximum Gasteiger partial charge on any atom is 0.254 e. The summed E-state index contributed by atoms with van der Waals surface area (Å²) in [6, 6.07) is 3.61. The first kappa shape index (κ1) is 13.7. The van der Waals surface area contributed by atoms with Gasteiger partial charge in [0.2, 0.25) is 0 Å². The van der Waals surface area contributed by atoms with Gasteiger partial charge in [-0.1, -0.05) is 0 Å². The number of aromatic nitrogens is 1. The van der Waals surface area contributed by atoms with Gasteiger partial charge in [0, 0.05) is 36.5 Å². The maximum absolute atomic E-state index is 12.5. The van der Waals surface area contributed by atoms with Crippen molar-refractivity contribution in [2.45, 2.75) is 45.6 Å². The van der Waals surface area contributed by atoms with Crippen LogP contribution in [-0.4, -0.2) is 34.2 Å². The van der Waals surface area contributed by atoms with Crippen molar-refractivity contribution in [1.82, 2.24) is 9.88 Å². The quantitative estimate of drug-likeness (QED) is 0.838. The lowest BCUT2D eigenvalue weighted by Gasteiger charge is -2.35. The van der Waals surface area contributed by atoms with E-state index in [4.69, 9.17) is 0 Å². The molecule has 19 heavy (non-hydrogen) atoms. The van der Waals surface area contributed by atoms with Crippen LogP contribution in [0, 0.1) is 6.92 Å². The van der Waals surface area contributed by atoms with Crippen molar-refractivity contribution in [3.8, 4) is 0 Å². The highest BCUT2D eigenvalue weighted by Crippen LogP contribution is 2.22. The molecule has 1 aromatic rings. The van der Waals surface area contributed by atoms with E-state index in [2.05, 4.69) is 4.98 Å². The normalized spacial score (nSPS) is 19.3. The molecule has 0 aliphatic carbocycles. The number of ketones is 1. The second-order valence-electron chi connectivity index (χ2n) is 5.24. The predicted molar refractivity (Wildman–Crippen MR) is 72.9 cm³/mol. The molecule has 102 valence electrons. The molecular formula is C15H20N2O2. The summed E-state index contributed by atoms with van der Waals surface area (Å²) in [7, 11) is 0. The van der Waals surface area contributed by atoms with Gasteiger partial charge in [-0.15, -0.1) is 0 Å². The van der Waals surface area contributed by atoms with Gasteiger partial charge in [-0.3, -0.25) is 14.6 Å². The Hall–Kier alpha value is -1.71. The fourth-order valence-electron chi connectivity index (χ4n) is 2.66. The first-order valence-electron chi connectivity index (χ1n) is 6.81. The molecule has 4 heteroatoms. The number of amides is 1. The van der Waals surface area contributed by atoms with Crippen molar-refractivity contribution < 1.29 is 9.59 Å². The van der Waals surface area contributed by atoms with Gasteiger partial charge in [0.05, 0.1) is 0 Å². The molecule has 1 fully saturated rings. The molecule has 2 rings (SSSR count). The lowest BCUT2D eigenvalue weighted by Crippen LogP contribution is -2.44. The molecule has 0 radical (unpaired) electrons. The number of rotatable bonds is 3. The van der Waals surface area contributed by atoms with Crippen LogP contribution in [0.5, 0.6) is 0 Å². The number of carbonyl (C=O) groups is 2. The zero-order valence-corrected chi connectivity index (χ0v) is 11.6. The average Bonchev–Trinajstić information content (AvgIpc) is 2.38. The van der Waals surface area contributed by atoms with E-state index in [9.17, 15) is 9.59 Å². The van der Waals surface area contributed by atoms with Gasteiger partial charge in [-0.05, 0) is 45.2 Å². The molecular weight excluding hydrogens is 240 g/mol. The highest BCUT2D eigenvalue weighted by atomic mass is 16.2. The summed E-state index contributed by atoms with van der Waals surface area (Å²) in [5.74, 6) is 0.173. The Morgan fingerprint density at radius 2 is 2.21 bits per heavy atom. The summed E-state index contributed by atoms with van der Waals surface area (Å²) in [6.45, 7) is 4.21. The van der Waals surface area contributed by atoms with Crippen LogP contribution in [-0.2, 0) is 4.79 Å². The number of carbonyl (C=O) groups excluding carboxylic acids is 2. The zero-order chi connectivity index (χ0) is 13.8. The number of pyridine rings is 1. The van der Waals surface area contributed by atoms with E-state index < -0.39 is 0 Å². The Morgan fingerprint density at radius 1 is 1.42 bits per heavy atom. The molecule has 1 aliphatic rings. The summed E-state index contributed by atoms with van der Waals surface area (Å²) in [6.07, 6.45) is 5.17. The molecule has 0 N–H and O–H groups in total. The maximum atomic E-state index is 12.5. The molecule has 0 spiro atoms. The molecule has 0 aromatic carbocycles. The number of hydrogen-bond donors (Lipinski definition) is 0. The van der Waals surface area contributed by atoms with Gasteiger partial charge in [-0.25, -0.2) is 0 Å². The topological polar surface area (TPSA) is 50.3 Å². The summed E-state index contributed by atoms with van der Waals surface area (Å²) in [5, 5.41) is 0. The molecule has 1 amide bonds. The summed E-state index contributed by atoms with van der Waals surface area (Å²) >= 11 is 0. The minimum absolute atomic E-state index is 0.0245. The van der Waals surface area contributed by atoms with Crippen LogP contribution in [0.2, 0.25) is 0 Å². The molecule has 1 aromatic heterocycles. The molecule has 1 atom stereocenters. The van der Waals surface area contributed by atoms with Crippen molar-refractivity contribution in [2.75, 3.05) is 6.54 Å². The minimum atomic E-state index is 0.0245. The lowest BCUT2D eigenvalue weighted by atomic mass is 9.97. The van der Waals surface area contributed by atoms with Gasteiger partial charge in [0.15, 0.2) is 0 Å². The van der Waals surface area contributed by atoms with Crippen LogP contribution in [0.1, 0.15) is 48.7 Å². The summed E-state index contributed by atoms with van der Waals surface area (Å²) < 4.78 is 0. The number of hydrogen-bond acceptors (Lipinski definition) is 3. The third-order valence-corrected chi connectivity index (χ3v) is 3.55. The van der Waals surface area contributed by atoms with E-state index in [0.717, 1.165) is 31.5 Å². The van der Waals surface area contributed by atoms with Crippen LogP contribution in [0.15, 0.2) is 18.3 Å². The number of nitrogens with zero attached hydrogens (tertiary/aromatic N) is 2. The van der Waals surface area contributed by atoms with Crippen LogP contribution >= 0.6 is 0 Å². The van der Waals surface area contributed by atoms with Gasteiger partial charge < -0.3 is 4.90 Å². The van der Waals surface area contributed by atoms with Crippen LogP contribution < -0.4 is 0 Å². The molecule has 2 heterocycles. The number of aryl methyl sites for hydroxylation is 1. The van der Waals surface area contributed by atoms with Crippen LogP contribution in [0.25, 0.3) is 0 Å². The highest BCUT2D eigenvalue weighted by Gasteiger charge is 2.28. The van der Waals surface area contributed by atoms with Gasteiger partial charge in [-0.2, -0.15) is 0 Å². The van der Waals surface area contributed by atoms with Gasteiger partial charge in [0.1, 0.15) is 5.78 Å². The first-order valence-corrected chi connectivity index (χ1v) is 6.81. The lowest BCUT2D eigenvalue weighted by molar-refractivity contribution is -0.118. The zero-order valence-electron chi connectivity index (χ0n) is 11.6. The van der Waals surface area contributed by atoms with E-state index in [1.165, 1.54) is 0 Å². The standard InChI is InChI=1S/C15H20N2O2/c1-11-9-13(6-7-16-11)15(19)17-8-4-3-5-14(17)10-12(2)18/h6-7,9,14H,3-5,8,10H2,1-2H3. The van der Waals surface area contributed by atoms with Crippen LogP contribution in [0.4, 0.5) is 0 Å². The Kier molecular flexibility index (Phi) is 4.30. The van der Waals surface area contributed by atoms with E-state index in [1.54, 1.807) is 19.2 Å². The highest BCUT2D eigenvalue weighted by molar-refractivity contribution is 5.94. The van der Waals surface area contributed by atoms with Crippen molar-refractivity contribution in [1.29, 1.82) is 0 Å². The largest absolute Gasteiger partial charge is 0.335 e. The molecule has 1 aliphatic heterocycles.